The summed E-state index contributed by atoms with van der Waals surface area (Å²) in [6.45, 7) is 9.56. The van der Waals surface area contributed by atoms with Gasteiger partial charge in [0, 0.05) is 6.04 Å². The van der Waals surface area contributed by atoms with E-state index in [9.17, 15) is 4.39 Å². The zero-order chi connectivity index (χ0) is 12.9. The van der Waals surface area contributed by atoms with Gasteiger partial charge >= 0.3 is 0 Å². The highest BCUT2D eigenvalue weighted by molar-refractivity contribution is 5.25. The van der Waals surface area contributed by atoms with Crippen LogP contribution in [0.15, 0.2) is 24.3 Å². The smallest absolute Gasteiger partial charge is 0.126 e. The molecule has 1 aromatic rings. The van der Waals surface area contributed by atoms with E-state index in [0.29, 0.717) is 6.04 Å². The molecule has 0 saturated carbocycles. The van der Waals surface area contributed by atoms with E-state index in [-0.39, 0.29) is 11.2 Å². The molecule has 0 aromatic heterocycles. The zero-order valence-electron chi connectivity index (χ0n) is 11.4. The lowest BCUT2D eigenvalue weighted by Gasteiger charge is -2.29. The van der Waals surface area contributed by atoms with Crippen molar-refractivity contribution in [3.8, 4) is 0 Å². The second-order valence-electron chi connectivity index (χ2n) is 5.42. The molecule has 17 heavy (non-hydrogen) atoms. The number of rotatable bonds is 6. The summed E-state index contributed by atoms with van der Waals surface area (Å²) in [4.78, 5) is 0. The average molecular weight is 237 g/mol. The quantitative estimate of drug-likeness (QED) is 0.791. The molecule has 0 aliphatic heterocycles. The highest BCUT2D eigenvalue weighted by Gasteiger charge is 2.25. The van der Waals surface area contributed by atoms with Gasteiger partial charge in [0.1, 0.15) is 5.82 Å². The van der Waals surface area contributed by atoms with Gasteiger partial charge in [-0.3, -0.25) is 0 Å². The third kappa shape index (κ3) is 4.12. The Hall–Kier alpha value is -0.890. The molecule has 0 radical (unpaired) electrons. The summed E-state index contributed by atoms with van der Waals surface area (Å²) in [6.07, 6.45) is 2.07. The molecule has 96 valence electrons. The molecule has 0 amide bonds. The molecule has 0 aliphatic rings. The Balaban J connectivity index is 2.71. The van der Waals surface area contributed by atoms with Gasteiger partial charge in [0.25, 0.3) is 0 Å². The van der Waals surface area contributed by atoms with E-state index in [2.05, 4.69) is 33.0 Å². The van der Waals surface area contributed by atoms with Crippen molar-refractivity contribution in [1.82, 2.24) is 5.32 Å². The maximum absolute atomic E-state index is 13.8. The van der Waals surface area contributed by atoms with Crippen LogP contribution < -0.4 is 5.32 Å². The molecule has 0 heterocycles. The normalized spacial score (nSPS) is 13.7. The minimum absolute atomic E-state index is 0.0970. The second kappa shape index (κ2) is 6.15. The van der Waals surface area contributed by atoms with Crippen LogP contribution in [0.4, 0.5) is 4.39 Å². The molecule has 2 heteroatoms. The van der Waals surface area contributed by atoms with E-state index in [4.69, 9.17) is 0 Å². The fourth-order valence-electron chi connectivity index (χ4n) is 2.35. The van der Waals surface area contributed by atoms with Gasteiger partial charge in [-0.15, -0.1) is 0 Å². The zero-order valence-corrected chi connectivity index (χ0v) is 11.4. The number of hydrogen-bond donors (Lipinski definition) is 1. The fraction of sp³-hybridized carbons (Fsp3) is 0.600. The minimum atomic E-state index is -0.133. The summed E-state index contributed by atoms with van der Waals surface area (Å²) < 4.78 is 13.8. The summed E-state index contributed by atoms with van der Waals surface area (Å²) in [5.74, 6) is -0.0970. The molecule has 1 rings (SSSR count). The minimum Gasteiger partial charge on any atom is -0.314 e. The third-order valence-corrected chi connectivity index (χ3v) is 3.16. The predicted octanol–water partition coefficient (Wildman–Crippen LogP) is 3.88. The first-order valence-corrected chi connectivity index (χ1v) is 6.45. The number of benzene rings is 1. The van der Waals surface area contributed by atoms with Gasteiger partial charge in [0.05, 0.1) is 0 Å². The lowest BCUT2D eigenvalue weighted by molar-refractivity contribution is 0.377. The Labute approximate surface area is 104 Å². The van der Waals surface area contributed by atoms with E-state index >= 15 is 0 Å². The Morgan fingerprint density at radius 2 is 1.94 bits per heavy atom. The van der Waals surface area contributed by atoms with Crippen molar-refractivity contribution in [2.24, 2.45) is 0 Å². The van der Waals surface area contributed by atoms with E-state index in [1.165, 1.54) is 0 Å². The van der Waals surface area contributed by atoms with Gasteiger partial charge < -0.3 is 5.32 Å². The molecule has 1 N–H and O–H groups in total. The molecule has 0 bridgehead atoms. The number of nitrogens with one attached hydrogen (secondary N) is 1. The summed E-state index contributed by atoms with van der Waals surface area (Å²) in [6, 6.07) is 7.49. The molecule has 0 saturated heterocycles. The van der Waals surface area contributed by atoms with Gasteiger partial charge in [0.15, 0.2) is 0 Å². The van der Waals surface area contributed by atoms with Crippen molar-refractivity contribution in [2.75, 3.05) is 6.54 Å². The molecular formula is C15H24FN. The highest BCUT2D eigenvalue weighted by Crippen LogP contribution is 2.30. The molecule has 1 atom stereocenters. The monoisotopic (exact) mass is 237 g/mol. The van der Waals surface area contributed by atoms with Crippen LogP contribution in [0, 0.1) is 5.82 Å². The standard InChI is InChI=1S/C15H24FN/c1-5-10-17-12(2)11-15(3,4)13-8-6-7-9-14(13)16/h6-9,12,17H,5,10-11H2,1-4H3. The Morgan fingerprint density at radius 1 is 1.29 bits per heavy atom. The van der Waals surface area contributed by atoms with Crippen molar-refractivity contribution < 1.29 is 4.39 Å². The van der Waals surface area contributed by atoms with E-state index < -0.39 is 0 Å². The van der Waals surface area contributed by atoms with Gasteiger partial charge in [-0.2, -0.15) is 0 Å². The molecule has 0 spiro atoms. The van der Waals surface area contributed by atoms with Crippen LogP contribution in [-0.4, -0.2) is 12.6 Å². The Kier molecular flexibility index (Phi) is 5.13. The first-order valence-electron chi connectivity index (χ1n) is 6.45. The molecule has 1 aromatic carbocycles. The van der Waals surface area contributed by atoms with Crippen molar-refractivity contribution >= 4 is 0 Å². The van der Waals surface area contributed by atoms with Crippen molar-refractivity contribution in [2.45, 2.75) is 52.0 Å². The SMILES string of the molecule is CCCNC(C)CC(C)(C)c1ccccc1F. The van der Waals surface area contributed by atoms with Gasteiger partial charge in [0.2, 0.25) is 0 Å². The summed E-state index contributed by atoms with van der Waals surface area (Å²) in [7, 11) is 0. The van der Waals surface area contributed by atoms with Gasteiger partial charge in [-0.05, 0) is 43.4 Å². The summed E-state index contributed by atoms with van der Waals surface area (Å²) in [5.41, 5.74) is 0.677. The molecular weight excluding hydrogens is 213 g/mol. The lowest BCUT2D eigenvalue weighted by Crippen LogP contribution is -2.34. The van der Waals surface area contributed by atoms with Crippen LogP contribution in [-0.2, 0) is 5.41 Å². The molecule has 1 unspecified atom stereocenters. The largest absolute Gasteiger partial charge is 0.314 e. The van der Waals surface area contributed by atoms with E-state index in [1.54, 1.807) is 12.1 Å². The van der Waals surface area contributed by atoms with E-state index in [0.717, 1.165) is 24.9 Å². The van der Waals surface area contributed by atoms with Crippen LogP contribution in [0.1, 0.15) is 46.1 Å². The third-order valence-electron chi connectivity index (χ3n) is 3.16. The van der Waals surface area contributed by atoms with Crippen molar-refractivity contribution in [3.63, 3.8) is 0 Å². The maximum Gasteiger partial charge on any atom is 0.126 e. The van der Waals surface area contributed by atoms with Crippen LogP contribution in [0.25, 0.3) is 0 Å². The van der Waals surface area contributed by atoms with Crippen LogP contribution in [0.5, 0.6) is 0 Å². The van der Waals surface area contributed by atoms with Crippen LogP contribution >= 0.6 is 0 Å². The number of hydrogen-bond acceptors (Lipinski definition) is 1. The van der Waals surface area contributed by atoms with Crippen LogP contribution in [0.3, 0.4) is 0 Å². The first-order chi connectivity index (χ1) is 7.97. The Bertz CT molecular complexity index is 347. The molecule has 0 aliphatic carbocycles. The van der Waals surface area contributed by atoms with Crippen molar-refractivity contribution in [3.05, 3.63) is 35.6 Å². The summed E-state index contributed by atoms with van der Waals surface area (Å²) in [5, 5.41) is 3.46. The van der Waals surface area contributed by atoms with E-state index in [1.807, 2.05) is 12.1 Å². The Morgan fingerprint density at radius 3 is 2.53 bits per heavy atom. The second-order valence-corrected chi connectivity index (χ2v) is 5.42. The molecule has 1 nitrogen and oxygen atoms in total. The first kappa shape index (κ1) is 14.2. The number of halogens is 1. The van der Waals surface area contributed by atoms with Gasteiger partial charge in [-0.25, -0.2) is 4.39 Å². The van der Waals surface area contributed by atoms with Gasteiger partial charge in [-0.1, -0.05) is 39.0 Å². The average Bonchev–Trinajstić information content (AvgIpc) is 2.26. The van der Waals surface area contributed by atoms with Crippen LogP contribution in [0.2, 0.25) is 0 Å². The predicted molar refractivity (Wildman–Crippen MR) is 71.8 cm³/mol. The maximum atomic E-state index is 13.8. The molecule has 0 fully saturated rings. The fourth-order valence-corrected chi connectivity index (χ4v) is 2.35. The lowest BCUT2D eigenvalue weighted by atomic mass is 9.79. The summed E-state index contributed by atoms with van der Waals surface area (Å²) >= 11 is 0. The highest BCUT2D eigenvalue weighted by atomic mass is 19.1. The topological polar surface area (TPSA) is 12.0 Å². The van der Waals surface area contributed by atoms with Crippen molar-refractivity contribution in [1.29, 1.82) is 0 Å².